The van der Waals surface area contributed by atoms with Crippen molar-refractivity contribution in [1.82, 2.24) is 0 Å². The van der Waals surface area contributed by atoms with Crippen LogP contribution >= 0.6 is 0 Å². The smallest absolute Gasteiger partial charge is 0.172 e. The van der Waals surface area contributed by atoms with E-state index in [-0.39, 0.29) is 0 Å². The number of rotatable bonds is 3. The number of hydrogen-bond acceptors (Lipinski definition) is 1. The van der Waals surface area contributed by atoms with Gasteiger partial charge in [0.05, 0.1) is 4.90 Å². The minimum atomic E-state index is -1.24. The van der Waals surface area contributed by atoms with Gasteiger partial charge >= 0.3 is 0 Å². The highest BCUT2D eigenvalue weighted by Gasteiger charge is 1.99. The van der Waals surface area contributed by atoms with Crippen molar-refractivity contribution < 1.29 is 4.21 Å². The standard InChI is InChI=1S/C11H15NOS/c1-9(2)8-12-14(13)11-6-4-10(3)5-7-11/h4-9H,1-3H3/b12-8+/t14-/m1/s1. The van der Waals surface area contributed by atoms with Gasteiger partial charge in [-0.3, -0.25) is 0 Å². The molecule has 1 atom stereocenters. The summed E-state index contributed by atoms with van der Waals surface area (Å²) in [5, 5.41) is 0. The van der Waals surface area contributed by atoms with Crippen LogP contribution in [-0.2, 0) is 11.0 Å². The van der Waals surface area contributed by atoms with E-state index in [0.717, 1.165) is 4.90 Å². The van der Waals surface area contributed by atoms with Crippen LogP contribution in [0, 0.1) is 12.8 Å². The lowest BCUT2D eigenvalue weighted by Gasteiger charge is -1.97. The molecule has 0 spiro atoms. The highest BCUT2D eigenvalue weighted by Crippen LogP contribution is 2.08. The lowest BCUT2D eigenvalue weighted by molar-refractivity contribution is 0.684. The maximum atomic E-state index is 11.6. The molecule has 1 aromatic rings. The first-order chi connectivity index (χ1) is 6.59. The SMILES string of the molecule is Cc1ccc([S@@](=O)/N=C/C(C)C)cc1. The van der Waals surface area contributed by atoms with Crippen LogP contribution in [0.1, 0.15) is 19.4 Å². The van der Waals surface area contributed by atoms with Crippen molar-refractivity contribution in [2.75, 3.05) is 0 Å². The molecule has 1 aromatic carbocycles. The van der Waals surface area contributed by atoms with Crippen LogP contribution in [0.3, 0.4) is 0 Å². The molecule has 0 aliphatic rings. The molecular weight excluding hydrogens is 194 g/mol. The zero-order valence-corrected chi connectivity index (χ0v) is 9.54. The molecule has 0 saturated carbocycles. The van der Waals surface area contributed by atoms with Crippen LogP contribution < -0.4 is 0 Å². The Balaban J connectivity index is 2.75. The predicted molar refractivity (Wildman–Crippen MR) is 60.9 cm³/mol. The highest BCUT2D eigenvalue weighted by molar-refractivity contribution is 7.83. The molecule has 0 unspecified atom stereocenters. The maximum Gasteiger partial charge on any atom is 0.172 e. The van der Waals surface area contributed by atoms with Crippen molar-refractivity contribution >= 4 is 17.2 Å². The molecular formula is C11H15NOS. The summed E-state index contributed by atoms with van der Waals surface area (Å²) in [6.45, 7) is 6.02. The van der Waals surface area contributed by atoms with Crippen molar-refractivity contribution in [1.29, 1.82) is 0 Å². The molecule has 76 valence electrons. The van der Waals surface area contributed by atoms with E-state index in [1.807, 2.05) is 45.0 Å². The van der Waals surface area contributed by atoms with E-state index in [2.05, 4.69) is 4.40 Å². The number of aryl methyl sites for hydroxylation is 1. The van der Waals surface area contributed by atoms with Crippen molar-refractivity contribution in [3.63, 3.8) is 0 Å². The average molecular weight is 209 g/mol. The van der Waals surface area contributed by atoms with Gasteiger partial charge in [0.1, 0.15) is 0 Å². The Kier molecular flexibility index (Phi) is 4.01. The van der Waals surface area contributed by atoms with E-state index in [4.69, 9.17) is 0 Å². The average Bonchev–Trinajstić information content (AvgIpc) is 2.15. The molecule has 3 heteroatoms. The molecule has 0 aliphatic carbocycles. The van der Waals surface area contributed by atoms with Gasteiger partial charge in [-0.25, -0.2) is 4.21 Å². The van der Waals surface area contributed by atoms with Gasteiger partial charge in [0, 0.05) is 6.21 Å². The van der Waals surface area contributed by atoms with Gasteiger partial charge in [-0.15, -0.1) is 0 Å². The number of hydrogen-bond donors (Lipinski definition) is 0. The van der Waals surface area contributed by atoms with Crippen LogP contribution in [0.25, 0.3) is 0 Å². The third-order valence-electron chi connectivity index (χ3n) is 1.68. The van der Waals surface area contributed by atoms with E-state index in [1.54, 1.807) is 6.21 Å². The third-order valence-corrected chi connectivity index (χ3v) is 2.67. The van der Waals surface area contributed by atoms with Gasteiger partial charge < -0.3 is 0 Å². The van der Waals surface area contributed by atoms with Gasteiger partial charge in [0.25, 0.3) is 0 Å². The van der Waals surface area contributed by atoms with E-state index in [1.165, 1.54) is 5.56 Å². The molecule has 0 aromatic heterocycles. The van der Waals surface area contributed by atoms with Gasteiger partial charge in [-0.1, -0.05) is 31.5 Å². The summed E-state index contributed by atoms with van der Waals surface area (Å²) < 4.78 is 15.5. The van der Waals surface area contributed by atoms with E-state index in [0.29, 0.717) is 5.92 Å². The van der Waals surface area contributed by atoms with Gasteiger partial charge in [0.15, 0.2) is 11.0 Å². The topological polar surface area (TPSA) is 29.4 Å². The fourth-order valence-corrected chi connectivity index (χ4v) is 1.74. The van der Waals surface area contributed by atoms with Crippen molar-refractivity contribution in [2.24, 2.45) is 10.3 Å². The van der Waals surface area contributed by atoms with Gasteiger partial charge in [-0.2, -0.15) is 4.40 Å². The Hall–Kier alpha value is -0.960. The minimum Gasteiger partial charge on any atom is -0.230 e. The summed E-state index contributed by atoms with van der Waals surface area (Å²) in [4.78, 5) is 0.757. The Morgan fingerprint density at radius 1 is 1.29 bits per heavy atom. The molecule has 0 fully saturated rings. The predicted octanol–water partition coefficient (Wildman–Crippen LogP) is 2.74. The van der Waals surface area contributed by atoms with E-state index in [9.17, 15) is 4.21 Å². The summed E-state index contributed by atoms with van der Waals surface area (Å²) in [5.74, 6) is 0.337. The van der Waals surface area contributed by atoms with Crippen LogP contribution in [0.4, 0.5) is 0 Å². The molecule has 0 N–H and O–H groups in total. The summed E-state index contributed by atoms with van der Waals surface area (Å²) in [7, 11) is -1.24. The van der Waals surface area contributed by atoms with E-state index >= 15 is 0 Å². The summed E-state index contributed by atoms with van der Waals surface area (Å²) in [5.41, 5.74) is 1.17. The molecule has 14 heavy (non-hydrogen) atoms. The zero-order valence-electron chi connectivity index (χ0n) is 8.73. The summed E-state index contributed by atoms with van der Waals surface area (Å²) in [6.07, 6.45) is 1.72. The second-order valence-electron chi connectivity index (χ2n) is 3.56. The molecule has 1 rings (SSSR count). The largest absolute Gasteiger partial charge is 0.230 e. The van der Waals surface area contributed by atoms with E-state index < -0.39 is 11.0 Å². The lowest BCUT2D eigenvalue weighted by atomic mass is 10.2. The summed E-state index contributed by atoms with van der Waals surface area (Å²) in [6, 6.07) is 7.59. The molecule has 0 saturated heterocycles. The van der Waals surface area contributed by atoms with Gasteiger partial charge in [-0.05, 0) is 25.0 Å². The Morgan fingerprint density at radius 3 is 2.36 bits per heavy atom. The Bertz CT molecular complexity index is 341. The monoisotopic (exact) mass is 209 g/mol. The number of benzene rings is 1. The van der Waals surface area contributed by atoms with Crippen LogP contribution in [0.5, 0.6) is 0 Å². The van der Waals surface area contributed by atoms with Crippen molar-refractivity contribution in [3.05, 3.63) is 29.8 Å². The van der Waals surface area contributed by atoms with Crippen LogP contribution in [-0.4, -0.2) is 10.4 Å². The normalized spacial score (nSPS) is 13.7. The zero-order chi connectivity index (χ0) is 10.6. The molecule has 0 radical (unpaired) electrons. The fourth-order valence-electron chi connectivity index (χ4n) is 0.893. The molecule has 0 heterocycles. The number of nitrogens with zero attached hydrogens (tertiary/aromatic N) is 1. The van der Waals surface area contributed by atoms with Crippen molar-refractivity contribution in [2.45, 2.75) is 25.7 Å². The minimum absolute atomic E-state index is 0.337. The fraction of sp³-hybridized carbons (Fsp3) is 0.364. The molecule has 2 nitrogen and oxygen atoms in total. The first-order valence-corrected chi connectivity index (χ1v) is 5.73. The second-order valence-corrected chi connectivity index (χ2v) is 4.74. The lowest BCUT2D eigenvalue weighted by Crippen LogP contribution is -1.92. The van der Waals surface area contributed by atoms with Gasteiger partial charge in [0.2, 0.25) is 0 Å². The second kappa shape index (κ2) is 5.05. The summed E-state index contributed by atoms with van der Waals surface area (Å²) >= 11 is 0. The maximum absolute atomic E-state index is 11.6. The quantitative estimate of drug-likeness (QED) is 0.704. The van der Waals surface area contributed by atoms with Crippen molar-refractivity contribution in [3.8, 4) is 0 Å². The highest BCUT2D eigenvalue weighted by atomic mass is 32.2. The Morgan fingerprint density at radius 2 is 1.86 bits per heavy atom. The van der Waals surface area contributed by atoms with Crippen LogP contribution in [0.15, 0.2) is 33.6 Å². The Labute approximate surface area is 87.7 Å². The first-order valence-electron chi connectivity index (χ1n) is 4.62. The first kappa shape index (κ1) is 11.1. The molecule has 0 aliphatic heterocycles. The van der Waals surface area contributed by atoms with Crippen LogP contribution in [0.2, 0.25) is 0 Å². The molecule has 0 bridgehead atoms. The molecule has 0 amide bonds. The third kappa shape index (κ3) is 3.42.